The highest BCUT2D eigenvalue weighted by Crippen LogP contribution is 2.25. The Kier molecular flexibility index (Phi) is 5.60. The number of hydrogen-bond acceptors (Lipinski definition) is 4. The Balaban J connectivity index is 2.10. The van der Waals surface area contributed by atoms with E-state index in [2.05, 4.69) is 10.1 Å². The SMILES string of the molecule is COC(=O)c1ccc(Cl)c(NC(=O)C2CCCN(C(C)=O)C2)c1. The zero-order chi connectivity index (χ0) is 17.0. The summed E-state index contributed by atoms with van der Waals surface area (Å²) in [5.41, 5.74) is 0.667. The number of nitrogens with zero attached hydrogens (tertiary/aromatic N) is 1. The molecule has 0 aliphatic carbocycles. The van der Waals surface area contributed by atoms with Crippen LogP contribution in [0.25, 0.3) is 0 Å². The third kappa shape index (κ3) is 4.22. The maximum atomic E-state index is 12.4. The Hall–Kier alpha value is -2.08. The van der Waals surface area contributed by atoms with Crippen molar-refractivity contribution in [2.24, 2.45) is 5.92 Å². The molecule has 2 amide bonds. The van der Waals surface area contributed by atoms with Crippen molar-refractivity contribution in [1.29, 1.82) is 0 Å². The van der Waals surface area contributed by atoms with Crippen LogP contribution < -0.4 is 5.32 Å². The fourth-order valence-corrected chi connectivity index (χ4v) is 2.74. The van der Waals surface area contributed by atoms with E-state index in [0.717, 1.165) is 6.42 Å². The number of esters is 1. The first kappa shape index (κ1) is 17.3. The van der Waals surface area contributed by atoms with Gasteiger partial charge in [0.05, 0.1) is 29.3 Å². The Morgan fingerprint density at radius 1 is 1.35 bits per heavy atom. The Labute approximate surface area is 139 Å². The van der Waals surface area contributed by atoms with Crippen LogP contribution in [-0.4, -0.2) is 42.9 Å². The Morgan fingerprint density at radius 3 is 2.74 bits per heavy atom. The van der Waals surface area contributed by atoms with Gasteiger partial charge in [0.1, 0.15) is 0 Å². The van der Waals surface area contributed by atoms with E-state index >= 15 is 0 Å². The zero-order valence-electron chi connectivity index (χ0n) is 13.1. The number of amides is 2. The summed E-state index contributed by atoms with van der Waals surface area (Å²) in [6.07, 6.45) is 1.50. The van der Waals surface area contributed by atoms with Crippen molar-refractivity contribution >= 4 is 35.1 Å². The number of piperidine rings is 1. The summed E-state index contributed by atoms with van der Waals surface area (Å²) in [6.45, 7) is 2.57. The first-order valence-electron chi connectivity index (χ1n) is 7.36. The number of rotatable bonds is 3. The molecule has 1 aliphatic heterocycles. The number of likely N-dealkylation sites (tertiary alicyclic amines) is 1. The van der Waals surface area contributed by atoms with E-state index in [9.17, 15) is 14.4 Å². The molecule has 0 spiro atoms. The average molecular weight is 339 g/mol. The van der Waals surface area contributed by atoms with Gasteiger partial charge in [-0.1, -0.05) is 11.6 Å². The molecule has 0 aromatic heterocycles. The van der Waals surface area contributed by atoms with Gasteiger partial charge in [-0.2, -0.15) is 0 Å². The number of ether oxygens (including phenoxy) is 1. The molecule has 1 aromatic carbocycles. The first-order valence-corrected chi connectivity index (χ1v) is 7.74. The summed E-state index contributed by atoms with van der Waals surface area (Å²) in [5, 5.41) is 3.08. The molecule has 0 saturated carbocycles. The summed E-state index contributed by atoms with van der Waals surface area (Å²) >= 11 is 6.07. The smallest absolute Gasteiger partial charge is 0.337 e. The van der Waals surface area contributed by atoms with Gasteiger partial charge >= 0.3 is 5.97 Å². The standard InChI is InChI=1S/C16H19ClN2O4/c1-10(20)19-7-3-4-12(9-19)15(21)18-14-8-11(16(22)23-2)5-6-13(14)17/h5-6,8,12H,3-4,7,9H2,1-2H3,(H,18,21). The number of methoxy groups -OCH3 is 1. The average Bonchev–Trinajstić information content (AvgIpc) is 2.56. The quantitative estimate of drug-likeness (QED) is 0.858. The van der Waals surface area contributed by atoms with Gasteiger partial charge in [-0.15, -0.1) is 0 Å². The van der Waals surface area contributed by atoms with Gasteiger partial charge in [-0.05, 0) is 31.0 Å². The summed E-state index contributed by atoms with van der Waals surface area (Å²) in [7, 11) is 1.29. The number of halogens is 1. The summed E-state index contributed by atoms with van der Waals surface area (Å²) in [5.74, 6) is -1.03. The van der Waals surface area contributed by atoms with Gasteiger partial charge in [0.15, 0.2) is 0 Å². The molecular formula is C16H19ClN2O4. The molecule has 6 nitrogen and oxygen atoms in total. The molecular weight excluding hydrogens is 320 g/mol. The molecule has 1 atom stereocenters. The number of nitrogens with one attached hydrogen (secondary N) is 1. The van der Waals surface area contributed by atoms with Crippen LogP contribution in [0.15, 0.2) is 18.2 Å². The number of carbonyl (C=O) groups is 3. The van der Waals surface area contributed by atoms with Crippen molar-refractivity contribution in [3.05, 3.63) is 28.8 Å². The van der Waals surface area contributed by atoms with Gasteiger partial charge < -0.3 is 15.0 Å². The molecule has 2 rings (SSSR count). The van der Waals surface area contributed by atoms with E-state index in [1.165, 1.54) is 32.2 Å². The summed E-state index contributed by atoms with van der Waals surface area (Å²) in [6, 6.07) is 4.55. The zero-order valence-corrected chi connectivity index (χ0v) is 13.9. The van der Waals surface area contributed by atoms with Crippen LogP contribution in [-0.2, 0) is 14.3 Å². The van der Waals surface area contributed by atoms with Gasteiger partial charge in [0, 0.05) is 20.0 Å². The van der Waals surface area contributed by atoms with E-state index in [-0.39, 0.29) is 17.7 Å². The van der Waals surface area contributed by atoms with Gasteiger partial charge in [0.25, 0.3) is 0 Å². The van der Waals surface area contributed by atoms with Crippen molar-refractivity contribution in [2.45, 2.75) is 19.8 Å². The maximum absolute atomic E-state index is 12.4. The molecule has 1 aromatic rings. The van der Waals surface area contributed by atoms with Crippen molar-refractivity contribution in [2.75, 3.05) is 25.5 Å². The summed E-state index contributed by atoms with van der Waals surface area (Å²) in [4.78, 5) is 37.1. The monoisotopic (exact) mass is 338 g/mol. The van der Waals surface area contributed by atoms with Crippen molar-refractivity contribution < 1.29 is 19.1 Å². The van der Waals surface area contributed by atoms with Gasteiger partial charge in [-0.3, -0.25) is 9.59 Å². The molecule has 1 saturated heterocycles. The number of anilines is 1. The van der Waals surface area contributed by atoms with Crippen molar-refractivity contribution in [1.82, 2.24) is 4.90 Å². The van der Waals surface area contributed by atoms with E-state index in [1.54, 1.807) is 4.90 Å². The van der Waals surface area contributed by atoms with Crippen LogP contribution in [0.2, 0.25) is 5.02 Å². The lowest BCUT2D eigenvalue weighted by molar-refractivity contribution is -0.132. The third-order valence-electron chi connectivity index (χ3n) is 3.88. The van der Waals surface area contributed by atoms with Crippen LogP contribution in [0.5, 0.6) is 0 Å². The molecule has 1 heterocycles. The normalized spacial score (nSPS) is 17.5. The molecule has 0 bridgehead atoms. The minimum Gasteiger partial charge on any atom is -0.465 e. The topological polar surface area (TPSA) is 75.7 Å². The van der Waals surface area contributed by atoms with Gasteiger partial charge in [-0.25, -0.2) is 4.79 Å². The molecule has 1 unspecified atom stereocenters. The molecule has 23 heavy (non-hydrogen) atoms. The summed E-state index contributed by atoms with van der Waals surface area (Å²) < 4.78 is 4.65. The van der Waals surface area contributed by atoms with Crippen LogP contribution in [0.4, 0.5) is 5.69 Å². The lowest BCUT2D eigenvalue weighted by Crippen LogP contribution is -2.42. The minimum absolute atomic E-state index is 0.0341. The van der Waals surface area contributed by atoms with Crippen LogP contribution in [0.3, 0.4) is 0 Å². The Bertz CT molecular complexity index is 633. The van der Waals surface area contributed by atoms with Crippen LogP contribution in [0, 0.1) is 5.92 Å². The number of hydrogen-bond donors (Lipinski definition) is 1. The highest BCUT2D eigenvalue weighted by Gasteiger charge is 2.27. The van der Waals surface area contributed by atoms with Crippen LogP contribution in [0.1, 0.15) is 30.1 Å². The fraction of sp³-hybridized carbons (Fsp3) is 0.438. The second-order valence-electron chi connectivity index (χ2n) is 5.48. The highest BCUT2D eigenvalue weighted by molar-refractivity contribution is 6.33. The molecule has 124 valence electrons. The first-order chi connectivity index (χ1) is 10.9. The van der Waals surface area contributed by atoms with Gasteiger partial charge in [0.2, 0.25) is 11.8 Å². The number of benzene rings is 1. The third-order valence-corrected chi connectivity index (χ3v) is 4.21. The molecule has 7 heteroatoms. The molecule has 1 fully saturated rings. The molecule has 1 N–H and O–H groups in total. The Morgan fingerprint density at radius 2 is 2.09 bits per heavy atom. The van der Waals surface area contributed by atoms with Crippen LogP contribution >= 0.6 is 11.6 Å². The predicted octanol–water partition coefficient (Wildman–Crippen LogP) is 2.32. The minimum atomic E-state index is -0.502. The highest BCUT2D eigenvalue weighted by atomic mass is 35.5. The second-order valence-corrected chi connectivity index (χ2v) is 5.89. The lowest BCUT2D eigenvalue weighted by Gasteiger charge is -2.31. The maximum Gasteiger partial charge on any atom is 0.337 e. The van der Waals surface area contributed by atoms with E-state index in [1.807, 2.05) is 0 Å². The van der Waals surface area contributed by atoms with E-state index < -0.39 is 5.97 Å². The van der Waals surface area contributed by atoms with E-state index in [0.29, 0.717) is 35.8 Å². The van der Waals surface area contributed by atoms with Crippen molar-refractivity contribution in [3.8, 4) is 0 Å². The fourth-order valence-electron chi connectivity index (χ4n) is 2.58. The largest absolute Gasteiger partial charge is 0.465 e. The predicted molar refractivity (Wildman–Crippen MR) is 86.4 cm³/mol. The van der Waals surface area contributed by atoms with Crippen molar-refractivity contribution in [3.63, 3.8) is 0 Å². The van der Waals surface area contributed by atoms with E-state index in [4.69, 9.17) is 11.6 Å². The number of carbonyl (C=O) groups excluding carboxylic acids is 3. The molecule has 0 radical (unpaired) electrons. The molecule has 1 aliphatic rings. The lowest BCUT2D eigenvalue weighted by atomic mass is 9.97. The second kappa shape index (κ2) is 7.46.